The first kappa shape index (κ1) is 12.6. The summed E-state index contributed by atoms with van der Waals surface area (Å²) >= 11 is 6.01. The Labute approximate surface area is 107 Å². The van der Waals surface area contributed by atoms with E-state index in [2.05, 4.69) is 16.9 Å². The fraction of sp³-hybridized carbons (Fsp3) is 0.583. The van der Waals surface area contributed by atoms with Gasteiger partial charge in [0.25, 0.3) is 0 Å². The van der Waals surface area contributed by atoms with Gasteiger partial charge < -0.3 is 15.4 Å². The van der Waals surface area contributed by atoms with Crippen LogP contribution in [0.3, 0.4) is 0 Å². The minimum Gasteiger partial charge on any atom is -0.381 e. The van der Waals surface area contributed by atoms with Gasteiger partial charge in [-0.1, -0.05) is 11.6 Å². The van der Waals surface area contributed by atoms with Crippen LogP contribution in [0.25, 0.3) is 0 Å². The standard InChI is InChI=1S/C12H18ClN3O/c1-16(10-2-4-17-5-3-10)12-6-9(7-14)11(13)8-15-12/h6,8,10H,2-5,7,14H2,1H3. The molecule has 1 fully saturated rings. The van der Waals surface area contributed by atoms with Crippen LogP contribution in [-0.4, -0.2) is 31.3 Å². The molecule has 1 saturated heterocycles. The lowest BCUT2D eigenvalue weighted by atomic mass is 10.1. The normalized spacial score (nSPS) is 17.1. The van der Waals surface area contributed by atoms with Crippen LogP contribution in [0.15, 0.2) is 12.3 Å². The largest absolute Gasteiger partial charge is 0.381 e. The SMILES string of the molecule is CN(c1cc(CN)c(Cl)cn1)C1CCOCC1. The number of hydrogen-bond donors (Lipinski definition) is 1. The minimum atomic E-state index is 0.440. The zero-order chi connectivity index (χ0) is 12.3. The van der Waals surface area contributed by atoms with Crippen molar-refractivity contribution in [2.75, 3.05) is 25.2 Å². The van der Waals surface area contributed by atoms with Gasteiger partial charge in [0.15, 0.2) is 0 Å². The summed E-state index contributed by atoms with van der Waals surface area (Å²) in [4.78, 5) is 6.55. The highest BCUT2D eigenvalue weighted by Gasteiger charge is 2.19. The molecule has 0 unspecified atom stereocenters. The molecule has 0 amide bonds. The van der Waals surface area contributed by atoms with Crippen LogP contribution in [0.2, 0.25) is 5.02 Å². The van der Waals surface area contributed by atoms with Crippen molar-refractivity contribution in [3.05, 3.63) is 22.8 Å². The molecule has 0 aromatic carbocycles. The lowest BCUT2D eigenvalue weighted by Gasteiger charge is -2.32. The van der Waals surface area contributed by atoms with Gasteiger partial charge in [0.1, 0.15) is 5.82 Å². The molecule has 1 aromatic heterocycles. The molecule has 0 spiro atoms. The van der Waals surface area contributed by atoms with Gasteiger partial charge in [-0.25, -0.2) is 4.98 Å². The third kappa shape index (κ3) is 2.89. The van der Waals surface area contributed by atoms with Crippen molar-refractivity contribution in [2.45, 2.75) is 25.4 Å². The van der Waals surface area contributed by atoms with E-state index in [4.69, 9.17) is 22.1 Å². The summed E-state index contributed by atoms with van der Waals surface area (Å²) in [5.74, 6) is 0.932. The number of pyridine rings is 1. The van der Waals surface area contributed by atoms with Crippen LogP contribution in [0.4, 0.5) is 5.82 Å². The molecular formula is C12H18ClN3O. The van der Waals surface area contributed by atoms with Gasteiger partial charge in [0.2, 0.25) is 0 Å². The molecule has 0 bridgehead atoms. The quantitative estimate of drug-likeness (QED) is 0.895. The molecular weight excluding hydrogens is 238 g/mol. The topological polar surface area (TPSA) is 51.4 Å². The van der Waals surface area contributed by atoms with Crippen molar-refractivity contribution in [2.24, 2.45) is 5.73 Å². The third-order valence-electron chi connectivity index (χ3n) is 3.24. The third-order valence-corrected chi connectivity index (χ3v) is 3.58. The van der Waals surface area contributed by atoms with Gasteiger partial charge in [-0.2, -0.15) is 0 Å². The van der Waals surface area contributed by atoms with Crippen molar-refractivity contribution in [3.8, 4) is 0 Å². The molecule has 5 heteroatoms. The molecule has 0 atom stereocenters. The summed E-state index contributed by atoms with van der Waals surface area (Å²) in [5, 5.41) is 0.636. The first-order valence-corrected chi connectivity index (χ1v) is 6.25. The minimum absolute atomic E-state index is 0.440. The van der Waals surface area contributed by atoms with E-state index in [0.29, 0.717) is 17.6 Å². The monoisotopic (exact) mass is 255 g/mol. The molecule has 0 radical (unpaired) electrons. The van der Waals surface area contributed by atoms with E-state index in [0.717, 1.165) is 37.4 Å². The van der Waals surface area contributed by atoms with Crippen molar-refractivity contribution in [1.82, 2.24) is 4.98 Å². The highest BCUT2D eigenvalue weighted by molar-refractivity contribution is 6.31. The summed E-state index contributed by atoms with van der Waals surface area (Å²) in [5.41, 5.74) is 6.59. The zero-order valence-corrected chi connectivity index (χ0v) is 10.8. The first-order chi connectivity index (χ1) is 8.22. The second-order valence-electron chi connectivity index (χ2n) is 4.29. The summed E-state index contributed by atoms with van der Waals surface area (Å²) in [6, 6.07) is 2.46. The summed E-state index contributed by atoms with van der Waals surface area (Å²) in [6.45, 7) is 2.09. The number of hydrogen-bond acceptors (Lipinski definition) is 4. The molecule has 1 aliphatic rings. The Morgan fingerprint density at radius 3 is 2.88 bits per heavy atom. The molecule has 4 nitrogen and oxygen atoms in total. The number of rotatable bonds is 3. The van der Waals surface area contributed by atoms with Crippen LogP contribution in [0, 0.1) is 0 Å². The van der Waals surface area contributed by atoms with Gasteiger partial charge >= 0.3 is 0 Å². The maximum absolute atomic E-state index is 6.01. The maximum Gasteiger partial charge on any atom is 0.128 e. The molecule has 0 saturated carbocycles. The van der Waals surface area contributed by atoms with E-state index in [1.165, 1.54) is 0 Å². The van der Waals surface area contributed by atoms with E-state index < -0.39 is 0 Å². The van der Waals surface area contributed by atoms with E-state index in [-0.39, 0.29) is 0 Å². The van der Waals surface area contributed by atoms with Crippen molar-refractivity contribution >= 4 is 17.4 Å². The Morgan fingerprint density at radius 1 is 1.53 bits per heavy atom. The number of ether oxygens (including phenoxy) is 1. The lowest BCUT2D eigenvalue weighted by Crippen LogP contribution is -2.37. The fourth-order valence-corrected chi connectivity index (χ4v) is 2.26. The van der Waals surface area contributed by atoms with E-state index in [1.807, 2.05) is 6.07 Å². The molecule has 0 aliphatic carbocycles. The van der Waals surface area contributed by atoms with Gasteiger partial charge in [0, 0.05) is 39.0 Å². The first-order valence-electron chi connectivity index (χ1n) is 5.87. The van der Waals surface area contributed by atoms with Crippen LogP contribution in [-0.2, 0) is 11.3 Å². The molecule has 17 heavy (non-hydrogen) atoms. The smallest absolute Gasteiger partial charge is 0.128 e. The molecule has 2 rings (SSSR count). The Kier molecular flexibility index (Phi) is 4.20. The Balaban J connectivity index is 2.15. The second-order valence-corrected chi connectivity index (χ2v) is 4.70. The number of halogens is 1. The highest BCUT2D eigenvalue weighted by Crippen LogP contribution is 2.23. The fourth-order valence-electron chi connectivity index (χ4n) is 2.08. The van der Waals surface area contributed by atoms with Gasteiger partial charge in [-0.05, 0) is 24.5 Å². The lowest BCUT2D eigenvalue weighted by molar-refractivity contribution is 0.0853. The predicted molar refractivity (Wildman–Crippen MR) is 69.4 cm³/mol. The number of nitrogens with two attached hydrogens (primary N) is 1. The Morgan fingerprint density at radius 2 is 2.24 bits per heavy atom. The zero-order valence-electron chi connectivity index (χ0n) is 10.0. The molecule has 2 N–H and O–H groups in total. The van der Waals surface area contributed by atoms with Crippen LogP contribution in [0.1, 0.15) is 18.4 Å². The van der Waals surface area contributed by atoms with E-state index >= 15 is 0 Å². The molecule has 1 aromatic rings. The van der Waals surface area contributed by atoms with E-state index in [1.54, 1.807) is 6.20 Å². The van der Waals surface area contributed by atoms with Gasteiger partial charge in [-0.15, -0.1) is 0 Å². The van der Waals surface area contributed by atoms with Crippen molar-refractivity contribution in [3.63, 3.8) is 0 Å². The van der Waals surface area contributed by atoms with Crippen LogP contribution >= 0.6 is 11.6 Å². The van der Waals surface area contributed by atoms with Crippen LogP contribution < -0.4 is 10.6 Å². The average Bonchev–Trinajstić information content (AvgIpc) is 2.39. The summed E-state index contributed by atoms with van der Waals surface area (Å²) in [6.07, 6.45) is 3.76. The molecule has 2 heterocycles. The van der Waals surface area contributed by atoms with Gasteiger partial charge in [-0.3, -0.25) is 0 Å². The molecule has 1 aliphatic heterocycles. The average molecular weight is 256 g/mol. The van der Waals surface area contributed by atoms with Crippen molar-refractivity contribution < 1.29 is 4.74 Å². The predicted octanol–water partition coefficient (Wildman–Crippen LogP) is 1.81. The number of nitrogens with zero attached hydrogens (tertiary/aromatic N) is 2. The summed E-state index contributed by atoms with van der Waals surface area (Å²) < 4.78 is 5.36. The molecule has 94 valence electrons. The highest BCUT2D eigenvalue weighted by atomic mass is 35.5. The number of aromatic nitrogens is 1. The second kappa shape index (κ2) is 5.67. The number of anilines is 1. The van der Waals surface area contributed by atoms with Gasteiger partial charge in [0.05, 0.1) is 5.02 Å². The summed E-state index contributed by atoms with van der Waals surface area (Å²) in [7, 11) is 2.06. The van der Waals surface area contributed by atoms with Crippen molar-refractivity contribution in [1.29, 1.82) is 0 Å². The Bertz CT molecular complexity index is 380. The Hall–Kier alpha value is -0.840. The van der Waals surface area contributed by atoms with Crippen LogP contribution in [0.5, 0.6) is 0 Å². The maximum atomic E-state index is 6.01. The van der Waals surface area contributed by atoms with E-state index in [9.17, 15) is 0 Å².